The summed E-state index contributed by atoms with van der Waals surface area (Å²) in [6.07, 6.45) is 0. The smallest absolute Gasteiger partial charge is 0.262 e. The van der Waals surface area contributed by atoms with Gasteiger partial charge in [0.15, 0.2) is 5.11 Å². The van der Waals surface area contributed by atoms with Crippen molar-refractivity contribution in [3.05, 3.63) is 71.8 Å². The number of para-hydroxylation sites is 2. The lowest BCUT2D eigenvalue weighted by Gasteiger charge is -2.16. The van der Waals surface area contributed by atoms with Crippen LogP contribution in [-0.4, -0.2) is 27.7 Å². The van der Waals surface area contributed by atoms with Gasteiger partial charge in [-0.05, 0) is 60.7 Å². The summed E-state index contributed by atoms with van der Waals surface area (Å²) in [7, 11) is -0.816. The van der Waals surface area contributed by atoms with E-state index in [0.29, 0.717) is 33.6 Å². The molecule has 0 aliphatic heterocycles. The SMILES string of the molecule is COc1ccccc1NC(=S)Nc1ccc(S(=O)(=O)Nc2ccc(Cl)cc2)cc1OC. The summed E-state index contributed by atoms with van der Waals surface area (Å²) in [5, 5.41) is 6.85. The van der Waals surface area contributed by atoms with Crippen molar-refractivity contribution in [3.63, 3.8) is 0 Å². The van der Waals surface area contributed by atoms with E-state index in [1.807, 2.05) is 18.2 Å². The molecule has 0 radical (unpaired) electrons. The van der Waals surface area contributed by atoms with Crippen LogP contribution >= 0.6 is 23.8 Å². The average Bonchev–Trinajstić information content (AvgIpc) is 2.75. The summed E-state index contributed by atoms with van der Waals surface area (Å²) in [5.74, 6) is 0.941. The molecule has 0 aliphatic carbocycles. The van der Waals surface area contributed by atoms with E-state index in [9.17, 15) is 8.42 Å². The molecule has 0 bridgehead atoms. The number of nitrogens with one attached hydrogen (secondary N) is 3. The van der Waals surface area contributed by atoms with E-state index < -0.39 is 10.0 Å². The first-order valence-electron chi connectivity index (χ1n) is 9.00. The summed E-state index contributed by atoms with van der Waals surface area (Å²) in [4.78, 5) is 0.0356. The van der Waals surface area contributed by atoms with Crippen molar-refractivity contribution >= 4 is 56.0 Å². The normalized spacial score (nSPS) is 10.8. The zero-order valence-corrected chi connectivity index (χ0v) is 19.1. The van der Waals surface area contributed by atoms with E-state index in [2.05, 4.69) is 15.4 Å². The number of anilines is 3. The van der Waals surface area contributed by atoms with Crippen LogP contribution in [0.2, 0.25) is 5.02 Å². The van der Waals surface area contributed by atoms with E-state index in [-0.39, 0.29) is 10.0 Å². The molecular formula is C21H20ClN3O4S2. The molecule has 0 amide bonds. The van der Waals surface area contributed by atoms with Gasteiger partial charge >= 0.3 is 0 Å². The minimum atomic E-state index is -3.83. The number of halogens is 1. The molecule has 3 aromatic rings. The quantitative estimate of drug-likeness (QED) is 0.414. The predicted octanol–water partition coefficient (Wildman–Crippen LogP) is 4.97. The lowest BCUT2D eigenvalue weighted by molar-refractivity contribution is 0.415. The van der Waals surface area contributed by atoms with Crippen LogP contribution < -0.4 is 24.8 Å². The topological polar surface area (TPSA) is 88.7 Å². The van der Waals surface area contributed by atoms with E-state index >= 15 is 0 Å². The maximum atomic E-state index is 12.7. The summed E-state index contributed by atoms with van der Waals surface area (Å²) >= 11 is 11.2. The molecule has 3 rings (SSSR count). The van der Waals surface area contributed by atoms with Crippen molar-refractivity contribution in [2.75, 3.05) is 29.6 Å². The lowest BCUT2D eigenvalue weighted by atomic mass is 10.3. The minimum absolute atomic E-state index is 0.0356. The molecule has 0 fully saturated rings. The maximum Gasteiger partial charge on any atom is 0.262 e. The Morgan fingerprint density at radius 2 is 1.48 bits per heavy atom. The Balaban J connectivity index is 1.77. The lowest BCUT2D eigenvalue weighted by Crippen LogP contribution is -2.20. The van der Waals surface area contributed by atoms with Crippen LogP contribution in [0, 0.1) is 0 Å². The van der Waals surface area contributed by atoms with E-state index in [1.54, 1.807) is 43.5 Å². The van der Waals surface area contributed by atoms with E-state index in [4.69, 9.17) is 33.3 Å². The highest BCUT2D eigenvalue weighted by Crippen LogP contribution is 2.30. The third kappa shape index (κ3) is 5.78. The third-order valence-electron chi connectivity index (χ3n) is 4.18. The van der Waals surface area contributed by atoms with E-state index in [0.717, 1.165) is 0 Å². The van der Waals surface area contributed by atoms with Crippen LogP contribution in [0.25, 0.3) is 0 Å². The second-order valence-corrected chi connectivity index (χ2v) is 8.78. The Morgan fingerprint density at radius 3 is 2.13 bits per heavy atom. The van der Waals surface area contributed by atoms with Crippen LogP contribution in [0.15, 0.2) is 71.6 Å². The molecule has 7 nitrogen and oxygen atoms in total. The zero-order chi connectivity index (χ0) is 22.4. The fourth-order valence-electron chi connectivity index (χ4n) is 2.70. The molecule has 0 aromatic heterocycles. The van der Waals surface area contributed by atoms with Gasteiger partial charge in [0.1, 0.15) is 11.5 Å². The van der Waals surface area contributed by atoms with Gasteiger partial charge in [-0.1, -0.05) is 23.7 Å². The molecule has 3 aromatic carbocycles. The van der Waals surface area contributed by atoms with Crippen molar-refractivity contribution in [2.45, 2.75) is 4.90 Å². The fourth-order valence-corrected chi connectivity index (χ4v) is 4.12. The Kier molecular flexibility index (Phi) is 7.21. The second kappa shape index (κ2) is 9.86. The molecule has 162 valence electrons. The van der Waals surface area contributed by atoms with Gasteiger partial charge in [0, 0.05) is 16.8 Å². The third-order valence-corrected chi connectivity index (χ3v) is 6.02. The van der Waals surface area contributed by atoms with Crippen LogP contribution in [-0.2, 0) is 10.0 Å². The zero-order valence-electron chi connectivity index (χ0n) is 16.7. The molecule has 3 N–H and O–H groups in total. The fraction of sp³-hybridized carbons (Fsp3) is 0.0952. The number of methoxy groups -OCH3 is 2. The van der Waals surface area contributed by atoms with Gasteiger partial charge < -0.3 is 20.1 Å². The van der Waals surface area contributed by atoms with Gasteiger partial charge in [0.05, 0.1) is 30.5 Å². The Bertz CT molecular complexity index is 1190. The standard InChI is InChI=1S/C21H20ClN3O4S2/c1-28-19-6-4-3-5-17(19)23-21(30)24-18-12-11-16(13-20(18)29-2)31(26,27)25-15-9-7-14(22)8-10-15/h3-13,25H,1-2H3,(H2,23,24,30). The predicted molar refractivity (Wildman–Crippen MR) is 128 cm³/mol. The number of thiocarbonyl (C=S) groups is 1. The van der Waals surface area contributed by atoms with Crippen molar-refractivity contribution in [2.24, 2.45) is 0 Å². The summed E-state index contributed by atoms with van der Waals surface area (Å²) in [5.41, 5.74) is 1.58. The minimum Gasteiger partial charge on any atom is -0.495 e. The molecule has 10 heteroatoms. The van der Waals surface area contributed by atoms with Crippen LogP contribution in [0.3, 0.4) is 0 Å². The van der Waals surface area contributed by atoms with Gasteiger partial charge in [-0.2, -0.15) is 0 Å². The van der Waals surface area contributed by atoms with Crippen LogP contribution in [0.1, 0.15) is 0 Å². The molecule has 0 saturated heterocycles. The largest absolute Gasteiger partial charge is 0.495 e. The molecule has 0 saturated carbocycles. The number of sulfonamides is 1. The second-order valence-electron chi connectivity index (χ2n) is 6.25. The summed E-state index contributed by atoms with van der Waals surface area (Å²) in [6, 6.07) is 18.1. The molecular weight excluding hydrogens is 458 g/mol. The van der Waals surface area contributed by atoms with Gasteiger partial charge in [0.25, 0.3) is 10.0 Å². The van der Waals surface area contributed by atoms with Gasteiger partial charge in [-0.25, -0.2) is 8.42 Å². The van der Waals surface area contributed by atoms with E-state index in [1.165, 1.54) is 19.2 Å². The molecule has 0 aliphatic rings. The van der Waals surface area contributed by atoms with Gasteiger partial charge in [-0.15, -0.1) is 0 Å². The highest BCUT2D eigenvalue weighted by atomic mass is 35.5. The molecule has 0 unspecified atom stereocenters. The Morgan fingerprint density at radius 1 is 0.871 bits per heavy atom. The number of benzene rings is 3. The van der Waals surface area contributed by atoms with Crippen LogP contribution in [0.4, 0.5) is 17.1 Å². The Labute approximate surface area is 191 Å². The highest BCUT2D eigenvalue weighted by molar-refractivity contribution is 7.92. The van der Waals surface area contributed by atoms with Crippen molar-refractivity contribution in [1.29, 1.82) is 0 Å². The number of ether oxygens (including phenoxy) is 2. The molecule has 0 spiro atoms. The van der Waals surface area contributed by atoms with Crippen molar-refractivity contribution in [3.8, 4) is 11.5 Å². The summed E-state index contributed by atoms with van der Waals surface area (Å²) < 4.78 is 38.6. The van der Waals surface area contributed by atoms with Gasteiger partial charge in [-0.3, -0.25) is 4.72 Å². The molecule has 0 heterocycles. The first-order chi connectivity index (χ1) is 14.8. The Hall–Kier alpha value is -3.01. The van der Waals surface area contributed by atoms with Crippen molar-refractivity contribution in [1.82, 2.24) is 0 Å². The maximum absolute atomic E-state index is 12.7. The number of rotatable bonds is 7. The average molecular weight is 478 g/mol. The first-order valence-corrected chi connectivity index (χ1v) is 11.3. The number of hydrogen-bond acceptors (Lipinski definition) is 5. The molecule has 0 atom stereocenters. The first kappa shape index (κ1) is 22.7. The monoisotopic (exact) mass is 477 g/mol. The highest BCUT2D eigenvalue weighted by Gasteiger charge is 2.17. The van der Waals surface area contributed by atoms with Crippen molar-refractivity contribution < 1.29 is 17.9 Å². The number of hydrogen-bond donors (Lipinski definition) is 3. The van der Waals surface area contributed by atoms with Crippen LogP contribution in [0.5, 0.6) is 11.5 Å². The summed E-state index contributed by atoms with van der Waals surface area (Å²) in [6.45, 7) is 0. The van der Waals surface area contributed by atoms with Gasteiger partial charge in [0.2, 0.25) is 0 Å². The molecule has 31 heavy (non-hydrogen) atoms.